The lowest BCUT2D eigenvalue weighted by Crippen LogP contribution is -2.62. The maximum Gasteiger partial charge on any atom is 0.335 e. The summed E-state index contributed by atoms with van der Waals surface area (Å²) in [5.41, 5.74) is -3.81. The van der Waals surface area contributed by atoms with Crippen LogP contribution in [0.25, 0.3) is 0 Å². The van der Waals surface area contributed by atoms with E-state index in [1.165, 1.54) is 0 Å². The summed E-state index contributed by atoms with van der Waals surface area (Å²) in [7, 11) is 0. The molecule has 0 bridgehead atoms. The molecule has 114 heavy (non-hydrogen) atoms. The van der Waals surface area contributed by atoms with E-state index in [2.05, 4.69) is 9.47 Å². The molecule has 8 fully saturated rings. The molecule has 1 aromatic carbocycles. The number of benzene rings is 1. The Hall–Kier alpha value is -4.14. The molecule has 5 heterocycles. The van der Waals surface area contributed by atoms with Gasteiger partial charge >= 0.3 is 11.9 Å². The molecular formula is C63H110O51. The van der Waals surface area contributed by atoms with Gasteiger partial charge in [-0.1, -0.05) is 18.2 Å². The Morgan fingerprint density at radius 2 is 0.798 bits per heavy atom. The number of aliphatic carboxylic acids is 2. The fourth-order valence-corrected chi connectivity index (χ4v) is 11.8. The van der Waals surface area contributed by atoms with E-state index >= 15 is 0 Å². The molecule has 37 atom stereocenters. The Kier molecular flexibility index (Phi) is 42.5. The number of rotatable bonds is 14. The zero-order chi connectivity index (χ0) is 87.4. The van der Waals surface area contributed by atoms with Crippen LogP contribution in [0.2, 0.25) is 0 Å². The molecule has 668 valence electrons. The standard InChI is InChI=1S/C13H18O7.C12H22O11.C7H12O6.C7H10O5.2C6H12O6.2C6H12O5/c14-5-7-3-1-2-4-8(7)19-13-12(18)11(17)10(16)9(6-15)20-13;13-1-4-6(16)8(18)9(19)11(21-4)23-12(3-15)10(20)7(17)5(2-14)22-12;8-3-1-7(13,6(11)12)2-4(9)5(3)10;8-4-1-3(7(11)12)2-5(9)6(4)10;7-1-3-4(9)6(11,2-8)5(10)12-3;7-1-2-3(8)4(9)5(10)6(11)12-2;2*7-2-1-3(8)5(10)6(11)4(2)9/h1-4,9-18H,5-6H2;4-11,13-20H,1-3H2;3-5,8-10,13H,1-2H2,(H,11,12);1,4-6,8-10H,2H2,(H,11,12);3-5,7-11H,1-2H2;2-11H,1H2;2*2-11H,1H2/t9?,10?,11-,12-,13?;4?,5-,6-,7+,8-,9?,10?,11-,12+;3-,4-,5?,7?;4-,5-,6-;3-,4+,5?,6?;2?,3-,4-,5?,6?;2-,3+,4+,5-,6?;2-,3-,4+,5+/m011111.1/s1. The van der Waals surface area contributed by atoms with Gasteiger partial charge in [0, 0.05) is 43.2 Å². The van der Waals surface area contributed by atoms with Crippen LogP contribution in [0.15, 0.2) is 35.9 Å². The lowest BCUT2D eigenvalue weighted by atomic mass is 9.80. The molecule has 51 heteroatoms. The molecule has 10 rings (SSSR count). The quantitative estimate of drug-likeness (QED) is 0.0822. The molecule has 5 aliphatic heterocycles. The Morgan fingerprint density at radius 3 is 1.17 bits per heavy atom. The molecule has 1 aromatic rings. The van der Waals surface area contributed by atoms with Crippen LogP contribution in [0, 0.1) is 0 Å². The summed E-state index contributed by atoms with van der Waals surface area (Å²) in [5, 5.41) is 384. The second-order valence-corrected chi connectivity index (χ2v) is 27.5. The first kappa shape index (κ1) is 104. The van der Waals surface area contributed by atoms with Gasteiger partial charge in [0.2, 0.25) is 12.1 Å². The van der Waals surface area contributed by atoms with Crippen molar-refractivity contribution in [3.63, 3.8) is 0 Å². The minimum Gasteiger partial charge on any atom is -0.479 e. The maximum atomic E-state index is 10.5. The van der Waals surface area contributed by atoms with Gasteiger partial charge in [-0.3, -0.25) is 0 Å². The van der Waals surface area contributed by atoms with Crippen molar-refractivity contribution in [3.05, 3.63) is 41.5 Å². The van der Waals surface area contributed by atoms with Crippen LogP contribution < -0.4 is 4.74 Å². The maximum absolute atomic E-state index is 10.5. The van der Waals surface area contributed by atoms with E-state index in [0.29, 0.717) is 11.3 Å². The third-order valence-electron chi connectivity index (χ3n) is 19.2. The van der Waals surface area contributed by atoms with Crippen molar-refractivity contribution in [2.45, 2.75) is 282 Å². The smallest absolute Gasteiger partial charge is 0.335 e. The molecule has 0 spiro atoms. The lowest BCUT2D eigenvalue weighted by molar-refractivity contribution is -0.383. The zero-order valence-electron chi connectivity index (χ0n) is 59.9. The topological polar surface area (TPSA) is 948 Å². The second-order valence-electron chi connectivity index (χ2n) is 27.5. The highest BCUT2D eigenvalue weighted by molar-refractivity contribution is 5.87. The number of hydrogen-bond acceptors (Lipinski definition) is 49. The second kappa shape index (κ2) is 46.6. The normalized spacial score (nSPS) is 45.7. The zero-order valence-corrected chi connectivity index (χ0v) is 59.9. The van der Waals surface area contributed by atoms with Gasteiger partial charge in [0.1, 0.15) is 171 Å². The summed E-state index contributed by atoms with van der Waals surface area (Å²) in [6, 6.07) is 6.61. The van der Waals surface area contributed by atoms with E-state index in [1.54, 1.807) is 24.3 Å². The number of aliphatic hydroxyl groups excluding tert-OH is 38. The van der Waals surface area contributed by atoms with Gasteiger partial charge in [-0.25, -0.2) is 9.59 Å². The van der Waals surface area contributed by atoms with Gasteiger partial charge in [-0.2, -0.15) is 0 Å². The Morgan fingerprint density at radius 1 is 0.395 bits per heavy atom. The van der Waals surface area contributed by atoms with Gasteiger partial charge in [-0.05, 0) is 12.1 Å². The predicted molar refractivity (Wildman–Crippen MR) is 355 cm³/mol. The first-order valence-corrected chi connectivity index (χ1v) is 34.6. The van der Waals surface area contributed by atoms with Crippen LogP contribution >= 0.6 is 0 Å². The van der Waals surface area contributed by atoms with Crippen LogP contribution in [-0.2, 0) is 44.6 Å². The third kappa shape index (κ3) is 26.2. The summed E-state index contributed by atoms with van der Waals surface area (Å²) >= 11 is 0. The molecule has 51 nitrogen and oxygen atoms in total. The Bertz CT molecular complexity index is 2890. The van der Waals surface area contributed by atoms with E-state index in [4.69, 9.17) is 172 Å². The van der Waals surface area contributed by atoms with Crippen LogP contribution in [0.4, 0.5) is 0 Å². The van der Waals surface area contributed by atoms with Crippen LogP contribution in [0.3, 0.4) is 0 Å². The molecule has 42 N–H and O–H groups in total. The van der Waals surface area contributed by atoms with E-state index in [1.807, 2.05) is 0 Å². The molecule has 9 aliphatic rings. The van der Waals surface area contributed by atoms with E-state index in [0.717, 1.165) is 6.08 Å². The summed E-state index contributed by atoms with van der Waals surface area (Å²) in [6.45, 7) is -4.98. The van der Waals surface area contributed by atoms with Gasteiger partial charge < -0.3 is 248 Å². The van der Waals surface area contributed by atoms with Gasteiger partial charge in [-0.15, -0.1) is 0 Å². The highest BCUT2D eigenvalue weighted by Crippen LogP contribution is 2.37. The van der Waals surface area contributed by atoms with Crippen molar-refractivity contribution < 1.29 is 257 Å². The van der Waals surface area contributed by atoms with Gasteiger partial charge in [0.25, 0.3) is 0 Å². The molecule has 5 saturated heterocycles. The van der Waals surface area contributed by atoms with E-state index in [-0.39, 0.29) is 31.4 Å². The lowest BCUT2D eigenvalue weighted by Gasteiger charge is -2.43. The fraction of sp³-hybridized carbons (Fsp3) is 0.841. The SMILES string of the molecule is O=C(O)C1(O)C[C@@H](O)C(O)[C@H](O)C1.O=C(O)C1=C[C@@H](O)[C@@H](O)[C@H](O)C1.OC1[C@@H](O)[C@H](O)C[C@@H](O)[C@@H]1O.OC1[C@@H](O)[C@H](O)C[C@H](O)[C@H]1O.OCC1OC(O)C(O)[C@H](O)[C@@H]1O.OCC1O[C@H](O[C@]2(CO)O[C@H](CO)[C@H](O)C2O)C(O)[C@H](O)[C@@H]1O.OC[C@H]1OC(O)C(O)(CO)[C@H]1O.OCc1ccccc1OC1OC(CO)C(O)[C@H](O)[C@@H]1O. The molecule has 0 amide bonds. The third-order valence-corrected chi connectivity index (χ3v) is 19.2. The number of aliphatic hydroxyl groups is 40. The molecule has 4 aliphatic carbocycles. The number of para-hydroxylation sites is 1. The minimum atomic E-state index is -2.22. The van der Waals surface area contributed by atoms with Crippen LogP contribution in [0.5, 0.6) is 5.75 Å². The summed E-state index contributed by atoms with van der Waals surface area (Å²) in [5.74, 6) is -4.61. The number of carboxylic acids is 2. The monoisotopic (exact) mass is 1680 g/mol. The summed E-state index contributed by atoms with van der Waals surface area (Å²) in [6.07, 6.45) is -51.9. The average molecular weight is 1680 g/mol. The number of hydrogen-bond donors (Lipinski definition) is 42. The van der Waals surface area contributed by atoms with Gasteiger partial charge in [0.05, 0.1) is 89.0 Å². The summed E-state index contributed by atoms with van der Waals surface area (Å²) in [4.78, 5) is 20.9. The fourth-order valence-electron chi connectivity index (χ4n) is 11.8. The van der Waals surface area contributed by atoms with Gasteiger partial charge in [0.15, 0.2) is 30.1 Å². The molecule has 12 unspecified atom stereocenters. The van der Waals surface area contributed by atoms with E-state index < -0.39 is 315 Å². The summed E-state index contributed by atoms with van der Waals surface area (Å²) < 4.78 is 35.2. The molecule has 0 aromatic heterocycles. The Balaban J connectivity index is 0.000000343. The Labute approximate surface area is 643 Å². The minimum absolute atomic E-state index is 0.0692. The molecule has 3 saturated carbocycles. The highest BCUT2D eigenvalue weighted by atomic mass is 16.8. The average Bonchev–Trinajstić information content (AvgIpc) is 1.58. The first-order chi connectivity index (χ1) is 53.0. The number of carbonyl (C=O) groups is 2. The molecule has 0 radical (unpaired) electrons. The number of carboxylic acid groups (broad SMARTS) is 2. The highest BCUT2D eigenvalue weighted by Gasteiger charge is 2.59. The van der Waals surface area contributed by atoms with Crippen molar-refractivity contribution in [1.29, 1.82) is 0 Å². The number of ether oxygens (including phenoxy) is 7. The van der Waals surface area contributed by atoms with Crippen molar-refractivity contribution in [2.24, 2.45) is 0 Å². The predicted octanol–water partition coefficient (Wildman–Crippen LogP) is -22.9. The van der Waals surface area contributed by atoms with Crippen molar-refractivity contribution in [1.82, 2.24) is 0 Å². The van der Waals surface area contributed by atoms with Crippen LogP contribution in [-0.4, -0.2) is 516 Å². The van der Waals surface area contributed by atoms with Crippen molar-refractivity contribution in [3.8, 4) is 5.75 Å². The van der Waals surface area contributed by atoms with E-state index in [9.17, 15) is 76.0 Å². The van der Waals surface area contributed by atoms with Crippen LogP contribution in [0.1, 0.15) is 37.7 Å². The van der Waals surface area contributed by atoms with Crippen molar-refractivity contribution >= 4 is 11.9 Å². The molecular weight excluding hydrogens is 1570 g/mol. The van der Waals surface area contributed by atoms with Crippen molar-refractivity contribution in [2.75, 3.05) is 46.2 Å². The largest absolute Gasteiger partial charge is 0.479 e. The first-order valence-electron chi connectivity index (χ1n) is 34.6.